The smallest absolute Gasteiger partial charge is 0.317 e. The molecule has 20 heavy (non-hydrogen) atoms. The molecule has 5 heteroatoms. The minimum absolute atomic E-state index is 0.192. The van der Waals surface area contributed by atoms with Gasteiger partial charge in [-0.05, 0) is 33.1 Å². The maximum atomic E-state index is 12.2. The summed E-state index contributed by atoms with van der Waals surface area (Å²) in [5.74, 6) is -0.782. The van der Waals surface area contributed by atoms with E-state index < -0.39 is 11.4 Å². The highest BCUT2D eigenvalue weighted by atomic mass is 16.4. The van der Waals surface area contributed by atoms with Crippen LogP contribution in [-0.4, -0.2) is 41.1 Å². The summed E-state index contributed by atoms with van der Waals surface area (Å²) >= 11 is 0. The van der Waals surface area contributed by atoms with E-state index in [1.54, 1.807) is 11.9 Å². The molecular weight excluding hydrogens is 256 g/mol. The molecule has 116 valence electrons. The SMILES string of the molecule is CCC(C)(C)N(C)C(=O)NCC1(C(=O)O)CCCCC1. The summed E-state index contributed by atoms with van der Waals surface area (Å²) in [6, 6.07) is -0.192. The van der Waals surface area contributed by atoms with Crippen LogP contribution in [0.1, 0.15) is 59.3 Å². The summed E-state index contributed by atoms with van der Waals surface area (Å²) < 4.78 is 0. The molecule has 0 bridgehead atoms. The lowest BCUT2D eigenvalue weighted by Crippen LogP contribution is -2.52. The summed E-state index contributed by atoms with van der Waals surface area (Å²) in [5.41, 5.74) is -1.00. The Balaban J connectivity index is 2.64. The highest BCUT2D eigenvalue weighted by Crippen LogP contribution is 2.36. The Labute approximate surface area is 121 Å². The molecule has 0 unspecified atom stereocenters. The van der Waals surface area contributed by atoms with Crippen molar-refractivity contribution in [3.63, 3.8) is 0 Å². The largest absolute Gasteiger partial charge is 0.481 e. The lowest BCUT2D eigenvalue weighted by molar-refractivity contribution is -0.150. The van der Waals surface area contributed by atoms with E-state index in [0.717, 1.165) is 25.7 Å². The van der Waals surface area contributed by atoms with E-state index in [-0.39, 0.29) is 18.1 Å². The molecule has 5 nitrogen and oxygen atoms in total. The van der Waals surface area contributed by atoms with Crippen LogP contribution in [0.5, 0.6) is 0 Å². The zero-order valence-corrected chi connectivity index (χ0v) is 13.2. The summed E-state index contributed by atoms with van der Waals surface area (Å²) in [4.78, 5) is 25.4. The van der Waals surface area contributed by atoms with Crippen molar-refractivity contribution in [2.24, 2.45) is 5.41 Å². The van der Waals surface area contributed by atoms with Gasteiger partial charge in [0.25, 0.3) is 0 Å². The van der Waals surface area contributed by atoms with E-state index in [1.165, 1.54) is 0 Å². The molecule has 0 aromatic carbocycles. The Bertz CT molecular complexity index is 360. The Morgan fingerprint density at radius 2 is 1.80 bits per heavy atom. The van der Waals surface area contributed by atoms with E-state index in [2.05, 4.69) is 5.32 Å². The van der Waals surface area contributed by atoms with Gasteiger partial charge in [-0.3, -0.25) is 4.79 Å². The van der Waals surface area contributed by atoms with Crippen molar-refractivity contribution in [3.05, 3.63) is 0 Å². The van der Waals surface area contributed by atoms with Gasteiger partial charge >= 0.3 is 12.0 Å². The summed E-state index contributed by atoms with van der Waals surface area (Å²) in [6.45, 7) is 6.26. The molecule has 1 rings (SSSR count). The number of urea groups is 1. The molecule has 0 heterocycles. The van der Waals surface area contributed by atoms with Crippen LogP contribution < -0.4 is 5.32 Å². The van der Waals surface area contributed by atoms with Crippen LogP contribution in [0.2, 0.25) is 0 Å². The fourth-order valence-electron chi connectivity index (χ4n) is 2.57. The van der Waals surface area contributed by atoms with Gasteiger partial charge in [0.2, 0.25) is 0 Å². The van der Waals surface area contributed by atoms with Crippen LogP contribution in [0.15, 0.2) is 0 Å². The topological polar surface area (TPSA) is 69.6 Å². The highest BCUT2D eigenvalue weighted by Gasteiger charge is 2.40. The molecule has 2 N–H and O–H groups in total. The molecule has 0 aromatic heterocycles. The predicted molar refractivity (Wildman–Crippen MR) is 78.7 cm³/mol. The van der Waals surface area contributed by atoms with E-state index in [0.29, 0.717) is 12.8 Å². The fraction of sp³-hybridized carbons (Fsp3) is 0.867. The van der Waals surface area contributed by atoms with E-state index in [1.807, 2.05) is 20.8 Å². The van der Waals surface area contributed by atoms with Crippen molar-refractivity contribution < 1.29 is 14.7 Å². The van der Waals surface area contributed by atoms with Crippen LogP contribution in [-0.2, 0) is 4.79 Å². The number of amides is 2. The summed E-state index contributed by atoms with van der Waals surface area (Å²) in [5, 5.41) is 12.3. The maximum absolute atomic E-state index is 12.2. The normalized spacial score (nSPS) is 18.4. The van der Waals surface area contributed by atoms with Gasteiger partial charge in [0.1, 0.15) is 0 Å². The van der Waals surface area contributed by atoms with Gasteiger partial charge in [-0.25, -0.2) is 4.79 Å². The number of carboxylic acid groups (broad SMARTS) is 1. The van der Waals surface area contributed by atoms with Gasteiger partial charge in [0, 0.05) is 19.1 Å². The van der Waals surface area contributed by atoms with Crippen molar-refractivity contribution in [2.45, 2.75) is 64.8 Å². The first kappa shape index (κ1) is 16.8. The van der Waals surface area contributed by atoms with Gasteiger partial charge in [-0.1, -0.05) is 26.2 Å². The third kappa shape index (κ3) is 3.64. The van der Waals surface area contributed by atoms with Crippen molar-refractivity contribution in [3.8, 4) is 0 Å². The molecule has 2 amide bonds. The van der Waals surface area contributed by atoms with Crippen molar-refractivity contribution >= 4 is 12.0 Å². The van der Waals surface area contributed by atoms with Crippen LogP contribution in [0.25, 0.3) is 0 Å². The van der Waals surface area contributed by atoms with Crippen LogP contribution >= 0.6 is 0 Å². The number of nitrogens with one attached hydrogen (secondary N) is 1. The molecule has 0 aromatic rings. The van der Waals surface area contributed by atoms with Gasteiger partial charge in [-0.2, -0.15) is 0 Å². The Morgan fingerprint density at radius 3 is 2.25 bits per heavy atom. The van der Waals surface area contributed by atoms with E-state index in [9.17, 15) is 14.7 Å². The molecular formula is C15H28N2O3. The van der Waals surface area contributed by atoms with Crippen LogP contribution in [0.4, 0.5) is 4.79 Å². The number of rotatable bonds is 5. The van der Waals surface area contributed by atoms with E-state index >= 15 is 0 Å². The molecule has 1 aliphatic rings. The average Bonchev–Trinajstić information content (AvgIpc) is 2.44. The highest BCUT2D eigenvalue weighted by molar-refractivity contribution is 5.78. The molecule has 1 fully saturated rings. The van der Waals surface area contributed by atoms with Gasteiger partial charge < -0.3 is 15.3 Å². The Kier molecular flexibility index (Phi) is 5.42. The predicted octanol–water partition coefficient (Wildman–Crippen LogP) is 2.85. The number of hydrogen-bond donors (Lipinski definition) is 2. The third-order valence-corrected chi connectivity index (χ3v) is 4.92. The van der Waals surface area contributed by atoms with Crippen molar-refractivity contribution in [2.75, 3.05) is 13.6 Å². The third-order valence-electron chi connectivity index (χ3n) is 4.92. The van der Waals surface area contributed by atoms with Crippen LogP contribution in [0, 0.1) is 5.41 Å². The Morgan fingerprint density at radius 1 is 1.25 bits per heavy atom. The lowest BCUT2D eigenvalue weighted by Gasteiger charge is -2.37. The summed E-state index contributed by atoms with van der Waals surface area (Å²) in [7, 11) is 1.76. The minimum atomic E-state index is -0.782. The van der Waals surface area contributed by atoms with Crippen molar-refractivity contribution in [1.29, 1.82) is 0 Å². The summed E-state index contributed by atoms with van der Waals surface area (Å²) in [6.07, 6.45) is 5.11. The Hall–Kier alpha value is -1.26. The molecule has 1 aliphatic carbocycles. The zero-order valence-electron chi connectivity index (χ0n) is 13.2. The number of carboxylic acids is 1. The monoisotopic (exact) mass is 284 g/mol. The number of carbonyl (C=O) groups is 2. The number of nitrogens with zero attached hydrogens (tertiary/aromatic N) is 1. The maximum Gasteiger partial charge on any atom is 0.317 e. The van der Waals surface area contributed by atoms with Gasteiger partial charge in [0.05, 0.1) is 5.41 Å². The second kappa shape index (κ2) is 6.46. The first-order chi connectivity index (χ1) is 9.25. The molecule has 0 saturated heterocycles. The standard InChI is InChI=1S/C15H28N2O3/c1-5-14(2,3)17(4)13(20)16-11-15(12(18)19)9-7-6-8-10-15/h5-11H2,1-4H3,(H,16,20)(H,18,19). The molecule has 1 saturated carbocycles. The van der Waals surface area contributed by atoms with Gasteiger partial charge in [0.15, 0.2) is 0 Å². The lowest BCUT2D eigenvalue weighted by atomic mass is 9.74. The number of aliphatic carboxylic acids is 1. The average molecular weight is 284 g/mol. The first-order valence-corrected chi connectivity index (χ1v) is 7.50. The van der Waals surface area contributed by atoms with Gasteiger partial charge in [-0.15, -0.1) is 0 Å². The molecule has 0 spiro atoms. The second-order valence-electron chi connectivity index (χ2n) is 6.53. The molecule has 0 atom stereocenters. The fourth-order valence-corrected chi connectivity index (χ4v) is 2.57. The van der Waals surface area contributed by atoms with Crippen LogP contribution in [0.3, 0.4) is 0 Å². The molecule has 0 radical (unpaired) electrons. The zero-order chi connectivity index (χ0) is 15.4. The number of carbonyl (C=O) groups excluding carboxylic acids is 1. The number of hydrogen-bond acceptors (Lipinski definition) is 2. The van der Waals surface area contributed by atoms with Crippen molar-refractivity contribution in [1.82, 2.24) is 10.2 Å². The van der Waals surface area contributed by atoms with E-state index in [4.69, 9.17) is 0 Å². The first-order valence-electron chi connectivity index (χ1n) is 7.50. The second-order valence-corrected chi connectivity index (χ2v) is 6.53. The quantitative estimate of drug-likeness (QED) is 0.815. The molecule has 0 aliphatic heterocycles. The minimum Gasteiger partial charge on any atom is -0.481 e.